The molecule has 1 aromatic heterocycles. The van der Waals surface area contributed by atoms with Crippen LogP contribution in [0.1, 0.15) is 31.7 Å². The van der Waals surface area contributed by atoms with Gasteiger partial charge in [0, 0.05) is 37.8 Å². The zero-order chi connectivity index (χ0) is 21.8. The minimum absolute atomic E-state index is 0.333. The molecule has 0 radical (unpaired) electrons. The highest BCUT2D eigenvalue weighted by molar-refractivity contribution is 5.65. The van der Waals surface area contributed by atoms with E-state index < -0.39 is 0 Å². The smallest absolute Gasteiger partial charge is 0.222 e. The van der Waals surface area contributed by atoms with Crippen molar-refractivity contribution in [2.45, 2.75) is 44.9 Å². The fraction of sp³-hybridized carbons (Fsp3) is 0.400. The van der Waals surface area contributed by atoms with Crippen LogP contribution >= 0.6 is 0 Å². The zero-order valence-electron chi connectivity index (χ0n) is 18.5. The van der Waals surface area contributed by atoms with Gasteiger partial charge < -0.3 is 14.6 Å². The molecule has 6 heteroatoms. The summed E-state index contributed by atoms with van der Waals surface area (Å²) in [5, 5.41) is 15.2. The average molecular weight is 422 g/mol. The molecular weight excluding hydrogens is 390 g/mol. The van der Waals surface area contributed by atoms with Gasteiger partial charge in [0.05, 0.1) is 18.8 Å². The van der Waals surface area contributed by atoms with E-state index in [1.807, 2.05) is 56.4 Å². The molecule has 0 aliphatic heterocycles. The summed E-state index contributed by atoms with van der Waals surface area (Å²) in [5.41, 5.74) is 3.00. The Labute approximate surface area is 184 Å². The van der Waals surface area contributed by atoms with Crippen LogP contribution in [0.4, 0.5) is 0 Å². The van der Waals surface area contributed by atoms with Gasteiger partial charge in [-0.05, 0) is 31.4 Å². The molecule has 4 rings (SSSR count). The van der Waals surface area contributed by atoms with Gasteiger partial charge >= 0.3 is 0 Å². The Kier molecular flexibility index (Phi) is 6.59. The van der Waals surface area contributed by atoms with Crippen molar-refractivity contribution < 1.29 is 14.6 Å². The lowest BCUT2D eigenvalue weighted by atomic mass is 10.1. The normalized spacial score (nSPS) is 14.6. The number of nitrogens with zero attached hydrogens (tertiary/aromatic N) is 3. The van der Waals surface area contributed by atoms with Crippen LogP contribution in [0.2, 0.25) is 0 Å². The summed E-state index contributed by atoms with van der Waals surface area (Å²) in [4.78, 5) is 2.37. The van der Waals surface area contributed by atoms with E-state index in [1.54, 1.807) is 11.8 Å². The zero-order valence-corrected chi connectivity index (χ0v) is 18.5. The quantitative estimate of drug-likeness (QED) is 0.517. The van der Waals surface area contributed by atoms with Crippen LogP contribution in [0, 0.1) is 0 Å². The highest BCUT2D eigenvalue weighted by atomic mass is 16.5. The maximum absolute atomic E-state index is 10.3. The number of aliphatic hydroxyl groups excluding tert-OH is 1. The van der Waals surface area contributed by atoms with E-state index in [4.69, 9.17) is 14.6 Å². The Bertz CT molecular complexity index is 999. The molecule has 0 saturated heterocycles. The molecule has 1 heterocycles. The molecule has 1 unspecified atom stereocenters. The lowest BCUT2D eigenvalue weighted by Crippen LogP contribution is -2.33. The van der Waals surface area contributed by atoms with Gasteiger partial charge in [-0.1, -0.05) is 43.3 Å². The molecule has 1 N–H and O–H groups in total. The van der Waals surface area contributed by atoms with Crippen LogP contribution in [0.25, 0.3) is 11.3 Å². The maximum atomic E-state index is 10.3. The molecule has 1 saturated carbocycles. The monoisotopic (exact) mass is 421 g/mol. The number of benzene rings is 2. The first-order valence-electron chi connectivity index (χ1n) is 10.9. The molecule has 31 heavy (non-hydrogen) atoms. The van der Waals surface area contributed by atoms with E-state index in [1.165, 1.54) is 12.8 Å². The molecule has 3 aromatic rings. The van der Waals surface area contributed by atoms with Crippen LogP contribution in [0.5, 0.6) is 17.4 Å². The summed E-state index contributed by atoms with van der Waals surface area (Å²) in [7, 11) is 3.56. The SMILES string of the molecule is CCC(O)CN(Cc1c(-c2ccccc2)nn(C)c1Oc1cccc(OC)c1)C1CC1. The summed E-state index contributed by atoms with van der Waals surface area (Å²) < 4.78 is 13.5. The van der Waals surface area contributed by atoms with Gasteiger partial charge in [-0.15, -0.1) is 0 Å². The van der Waals surface area contributed by atoms with Crippen molar-refractivity contribution in [3.05, 3.63) is 60.2 Å². The predicted octanol–water partition coefficient (Wildman–Crippen LogP) is 4.62. The Morgan fingerprint density at radius 1 is 1.13 bits per heavy atom. The number of aryl methyl sites for hydroxylation is 1. The standard InChI is InChI=1S/C25H31N3O3/c1-4-20(29)16-28(19-13-14-19)17-23-24(18-9-6-5-7-10-18)26-27(2)25(23)31-22-12-8-11-21(15-22)30-3/h5-12,15,19-20,29H,4,13-14,16-17H2,1-3H3. The second-order valence-corrected chi connectivity index (χ2v) is 8.13. The highest BCUT2D eigenvalue weighted by Crippen LogP contribution is 2.37. The molecule has 1 aliphatic rings. The third kappa shape index (κ3) is 5.09. The number of methoxy groups -OCH3 is 1. The Balaban J connectivity index is 1.72. The summed E-state index contributed by atoms with van der Waals surface area (Å²) in [5.74, 6) is 2.16. The Hall–Kier alpha value is -2.83. The molecule has 1 atom stereocenters. The van der Waals surface area contributed by atoms with Gasteiger partial charge in [-0.3, -0.25) is 4.90 Å². The maximum Gasteiger partial charge on any atom is 0.222 e. The summed E-state index contributed by atoms with van der Waals surface area (Å²) in [6.45, 7) is 3.36. The molecular formula is C25H31N3O3. The number of aliphatic hydroxyl groups is 1. The van der Waals surface area contributed by atoms with Gasteiger partial charge in [0.1, 0.15) is 17.2 Å². The first-order valence-corrected chi connectivity index (χ1v) is 10.9. The molecule has 164 valence electrons. The minimum Gasteiger partial charge on any atom is -0.497 e. The van der Waals surface area contributed by atoms with Crippen LogP contribution in [-0.4, -0.2) is 45.6 Å². The second kappa shape index (κ2) is 9.54. The molecule has 1 aliphatic carbocycles. The molecule has 0 spiro atoms. The molecule has 1 fully saturated rings. The van der Waals surface area contributed by atoms with Crippen molar-refractivity contribution in [2.75, 3.05) is 13.7 Å². The summed E-state index contributed by atoms with van der Waals surface area (Å²) in [6.07, 6.45) is 2.75. The third-order valence-electron chi connectivity index (χ3n) is 5.73. The third-order valence-corrected chi connectivity index (χ3v) is 5.73. The second-order valence-electron chi connectivity index (χ2n) is 8.13. The fourth-order valence-corrected chi connectivity index (χ4v) is 3.81. The first kappa shape index (κ1) is 21.4. The molecule has 2 aromatic carbocycles. The first-order chi connectivity index (χ1) is 15.1. The van der Waals surface area contributed by atoms with Crippen molar-refractivity contribution in [1.29, 1.82) is 0 Å². The van der Waals surface area contributed by atoms with Gasteiger partial charge in [0.2, 0.25) is 5.88 Å². The lowest BCUT2D eigenvalue weighted by molar-refractivity contribution is 0.101. The number of rotatable bonds is 10. The van der Waals surface area contributed by atoms with Crippen molar-refractivity contribution in [3.8, 4) is 28.6 Å². The predicted molar refractivity (Wildman–Crippen MR) is 121 cm³/mol. The number of hydrogen-bond donors (Lipinski definition) is 1. The van der Waals surface area contributed by atoms with E-state index in [0.717, 1.165) is 29.0 Å². The highest BCUT2D eigenvalue weighted by Gasteiger charge is 2.32. The van der Waals surface area contributed by atoms with Gasteiger partial charge in [0.25, 0.3) is 0 Å². The Morgan fingerprint density at radius 3 is 2.55 bits per heavy atom. The average Bonchev–Trinajstić information content (AvgIpc) is 3.60. The molecule has 0 amide bonds. The van der Waals surface area contributed by atoms with Gasteiger partial charge in [-0.2, -0.15) is 5.10 Å². The van der Waals surface area contributed by atoms with E-state index in [9.17, 15) is 5.11 Å². The largest absolute Gasteiger partial charge is 0.497 e. The topological polar surface area (TPSA) is 59.8 Å². The van der Waals surface area contributed by atoms with Crippen LogP contribution < -0.4 is 9.47 Å². The van der Waals surface area contributed by atoms with Gasteiger partial charge in [0.15, 0.2) is 0 Å². The van der Waals surface area contributed by atoms with Crippen molar-refractivity contribution >= 4 is 0 Å². The van der Waals surface area contributed by atoms with Gasteiger partial charge in [-0.25, -0.2) is 4.68 Å². The van der Waals surface area contributed by atoms with E-state index in [2.05, 4.69) is 17.0 Å². The molecule has 0 bridgehead atoms. The number of ether oxygens (including phenoxy) is 2. The Morgan fingerprint density at radius 2 is 1.87 bits per heavy atom. The van der Waals surface area contributed by atoms with Crippen LogP contribution in [0.3, 0.4) is 0 Å². The number of hydrogen-bond acceptors (Lipinski definition) is 5. The van der Waals surface area contributed by atoms with Crippen molar-refractivity contribution in [1.82, 2.24) is 14.7 Å². The fourth-order valence-electron chi connectivity index (χ4n) is 3.81. The lowest BCUT2D eigenvalue weighted by Gasteiger charge is -2.25. The van der Waals surface area contributed by atoms with Crippen molar-refractivity contribution in [2.24, 2.45) is 7.05 Å². The van der Waals surface area contributed by atoms with Crippen LogP contribution in [0.15, 0.2) is 54.6 Å². The summed E-state index contributed by atoms with van der Waals surface area (Å²) in [6, 6.07) is 18.3. The molecule has 6 nitrogen and oxygen atoms in total. The van der Waals surface area contributed by atoms with Crippen molar-refractivity contribution in [3.63, 3.8) is 0 Å². The van der Waals surface area contributed by atoms with Crippen LogP contribution in [-0.2, 0) is 13.6 Å². The van der Waals surface area contributed by atoms with E-state index in [0.29, 0.717) is 30.8 Å². The van der Waals surface area contributed by atoms with E-state index in [-0.39, 0.29) is 6.10 Å². The number of aromatic nitrogens is 2. The van der Waals surface area contributed by atoms with E-state index >= 15 is 0 Å². The minimum atomic E-state index is -0.333. The summed E-state index contributed by atoms with van der Waals surface area (Å²) >= 11 is 0.